The van der Waals surface area contributed by atoms with Crippen molar-refractivity contribution in [3.05, 3.63) is 30.5 Å². The topological polar surface area (TPSA) is 50.9 Å². The Labute approximate surface area is 102 Å². The van der Waals surface area contributed by atoms with Crippen molar-refractivity contribution in [3.63, 3.8) is 0 Å². The highest BCUT2D eigenvalue weighted by Crippen LogP contribution is 2.28. The molecule has 3 heteroatoms. The van der Waals surface area contributed by atoms with Gasteiger partial charge in [-0.25, -0.2) is 0 Å². The normalized spacial score (nSPS) is 11.0. The quantitative estimate of drug-likeness (QED) is 0.844. The Hall–Kier alpha value is -1.77. The molecule has 17 heavy (non-hydrogen) atoms. The van der Waals surface area contributed by atoms with Crippen LogP contribution in [-0.4, -0.2) is 11.0 Å². The van der Waals surface area contributed by atoms with E-state index in [4.69, 9.17) is 5.73 Å². The van der Waals surface area contributed by atoms with Crippen LogP contribution in [0.5, 0.6) is 0 Å². The number of fused-ring (bicyclic) bond motifs is 1. The van der Waals surface area contributed by atoms with Crippen molar-refractivity contribution >= 4 is 22.3 Å². The number of nitrogens with zero attached hydrogens (tertiary/aromatic N) is 1. The third-order valence-electron chi connectivity index (χ3n) is 3.14. The molecular weight excluding hydrogens is 210 g/mol. The molecule has 0 aliphatic rings. The molecule has 90 valence electrons. The van der Waals surface area contributed by atoms with Crippen LogP contribution in [0.1, 0.15) is 26.7 Å². The maximum atomic E-state index is 6.02. The largest absolute Gasteiger partial charge is 0.396 e. The molecule has 0 aliphatic heterocycles. The highest BCUT2D eigenvalue weighted by molar-refractivity contribution is 5.96. The predicted octanol–water partition coefficient (Wildman–Crippen LogP) is 3.42. The van der Waals surface area contributed by atoms with Crippen LogP contribution < -0.4 is 11.1 Å². The lowest BCUT2D eigenvalue weighted by atomic mass is 10.1. The Morgan fingerprint density at radius 3 is 2.65 bits per heavy atom. The first-order valence-corrected chi connectivity index (χ1v) is 6.16. The van der Waals surface area contributed by atoms with E-state index in [2.05, 4.69) is 30.2 Å². The molecule has 0 atom stereocenters. The first-order valence-electron chi connectivity index (χ1n) is 6.16. The van der Waals surface area contributed by atoms with Crippen LogP contribution in [0.3, 0.4) is 0 Å². The molecule has 0 unspecified atom stereocenters. The highest BCUT2D eigenvalue weighted by Gasteiger charge is 2.09. The molecule has 0 aliphatic carbocycles. The molecule has 2 aromatic rings. The average molecular weight is 229 g/mol. The Morgan fingerprint density at radius 1 is 1.24 bits per heavy atom. The molecule has 3 nitrogen and oxygen atoms in total. The van der Waals surface area contributed by atoms with Crippen molar-refractivity contribution in [2.75, 3.05) is 11.1 Å². The number of nitrogens with one attached hydrogen (secondary N) is 1. The molecule has 0 spiro atoms. The number of pyridine rings is 1. The van der Waals surface area contributed by atoms with Crippen LogP contribution in [0, 0.1) is 0 Å². The molecule has 0 fully saturated rings. The molecule has 3 N–H and O–H groups in total. The summed E-state index contributed by atoms with van der Waals surface area (Å²) in [7, 11) is 0. The summed E-state index contributed by atoms with van der Waals surface area (Å²) in [6, 6.07) is 8.53. The SMILES string of the molecule is CCC(CC)Nc1c(N)cnc2ccccc12. The van der Waals surface area contributed by atoms with Gasteiger partial charge in [0.15, 0.2) is 0 Å². The minimum atomic E-state index is 0.461. The Balaban J connectivity index is 2.47. The smallest absolute Gasteiger partial charge is 0.0743 e. The lowest BCUT2D eigenvalue weighted by molar-refractivity contribution is 0.673. The van der Waals surface area contributed by atoms with E-state index in [9.17, 15) is 0 Å². The molecule has 0 amide bonds. The Bertz CT molecular complexity index is 504. The number of aromatic nitrogens is 1. The van der Waals surface area contributed by atoms with E-state index >= 15 is 0 Å². The number of nitrogens with two attached hydrogens (primary N) is 1. The van der Waals surface area contributed by atoms with E-state index in [1.165, 1.54) is 0 Å². The van der Waals surface area contributed by atoms with Crippen LogP contribution in [0.25, 0.3) is 10.9 Å². The standard InChI is InChI=1S/C14H19N3/c1-3-10(4-2)17-14-11-7-5-6-8-13(11)16-9-12(14)15/h5-10H,3-4,15H2,1-2H3,(H,16,17). The minimum Gasteiger partial charge on any atom is -0.396 e. The number of benzene rings is 1. The number of hydrogen-bond acceptors (Lipinski definition) is 3. The fourth-order valence-electron chi connectivity index (χ4n) is 2.01. The number of nitrogen functional groups attached to an aromatic ring is 1. The van der Waals surface area contributed by atoms with Gasteiger partial charge in [0.1, 0.15) is 0 Å². The van der Waals surface area contributed by atoms with Crippen LogP contribution >= 0.6 is 0 Å². The van der Waals surface area contributed by atoms with E-state index in [0.29, 0.717) is 6.04 Å². The third-order valence-corrected chi connectivity index (χ3v) is 3.14. The van der Waals surface area contributed by atoms with Gasteiger partial charge in [0.25, 0.3) is 0 Å². The monoisotopic (exact) mass is 229 g/mol. The second-order valence-corrected chi connectivity index (χ2v) is 4.26. The van der Waals surface area contributed by atoms with Gasteiger partial charge in [-0.3, -0.25) is 4.98 Å². The molecule has 0 radical (unpaired) electrons. The summed E-state index contributed by atoms with van der Waals surface area (Å²) in [6.07, 6.45) is 3.91. The fourth-order valence-corrected chi connectivity index (χ4v) is 2.01. The first kappa shape index (κ1) is 11.7. The van der Waals surface area contributed by atoms with Gasteiger partial charge >= 0.3 is 0 Å². The van der Waals surface area contributed by atoms with Crippen LogP contribution in [-0.2, 0) is 0 Å². The summed E-state index contributed by atoms with van der Waals surface area (Å²) in [5.74, 6) is 0. The molecule has 1 aromatic carbocycles. The summed E-state index contributed by atoms with van der Waals surface area (Å²) >= 11 is 0. The van der Waals surface area contributed by atoms with Crippen molar-refractivity contribution in [2.24, 2.45) is 0 Å². The first-order chi connectivity index (χ1) is 8.26. The number of anilines is 2. The minimum absolute atomic E-state index is 0.461. The summed E-state index contributed by atoms with van der Waals surface area (Å²) < 4.78 is 0. The van der Waals surface area contributed by atoms with Gasteiger partial charge in [0.2, 0.25) is 0 Å². The number of hydrogen-bond donors (Lipinski definition) is 2. The van der Waals surface area contributed by atoms with Gasteiger partial charge in [-0.1, -0.05) is 32.0 Å². The molecule has 0 bridgehead atoms. The van der Waals surface area contributed by atoms with Crippen LogP contribution in [0.2, 0.25) is 0 Å². The van der Waals surface area contributed by atoms with E-state index in [1.807, 2.05) is 18.2 Å². The maximum Gasteiger partial charge on any atom is 0.0743 e. The zero-order valence-electron chi connectivity index (χ0n) is 10.4. The van der Waals surface area contributed by atoms with Crippen LogP contribution in [0.4, 0.5) is 11.4 Å². The van der Waals surface area contributed by atoms with E-state index in [1.54, 1.807) is 6.20 Å². The highest BCUT2D eigenvalue weighted by atomic mass is 14.9. The molecule has 0 saturated heterocycles. The van der Waals surface area contributed by atoms with Crippen molar-refractivity contribution in [1.29, 1.82) is 0 Å². The van der Waals surface area contributed by atoms with Gasteiger partial charge in [-0.05, 0) is 18.9 Å². The van der Waals surface area contributed by atoms with E-state index < -0.39 is 0 Å². The van der Waals surface area contributed by atoms with Crippen molar-refractivity contribution in [3.8, 4) is 0 Å². The van der Waals surface area contributed by atoms with Crippen molar-refractivity contribution < 1.29 is 0 Å². The lowest BCUT2D eigenvalue weighted by Gasteiger charge is -2.19. The molecule has 0 saturated carbocycles. The fraction of sp³-hybridized carbons (Fsp3) is 0.357. The lowest BCUT2D eigenvalue weighted by Crippen LogP contribution is -2.18. The Morgan fingerprint density at radius 2 is 1.94 bits per heavy atom. The summed E-state index contributed by atoms with van der Waals surface area (Å²) in [5, 5.41) is 4.62. The van der Waals surface area contributed by atoms with E-state index in [0.717, 1.165) is 35.1 Å². The van der Waals surface area contributed by atoms with Crippen molar-refractivity contribution in [1.82, 2.24) is 4.98 Å². The number of rotatable bonds is 4. The van der Waals surface area contributed by atoms with Gasteiger partial charge in [0.05, 0.1) is 23.1 Å². The average Bonchev–Trinajstić information content (AvgIpc) is 2.38. The summed E-state index contributed by atoms with van der Waals surface area (Å²) in [5.41, 5.74) is 8.74. The van der Waals surface area contributed by atoms with E-state index in [-0.39, 0.29) is 0 Å². The molecule has 1 heterocycles. The maximum absolute atomic E-state index is 6.02. The zero-order valence-corrected chi connectivity index (χ0v) is 10.4. The second kappa shape index (κ2) is 5.04. The molecular formula is C14H19N3. The van der Waals surface area contributed by atoms with Gasteiger partial charge in [0, 0.05) is 11.4 Å². The van der Waals surface area contributed by atoms with Gasteiger partial charge in [-0.15, -0.1) is 0 Å². The third kappa shape index (κ3) is 2.33. The summed E-state index contributed by atoms with van der Waals surface area (Å²) in [4.78, 5) is 4.34. The summed E-state index contributed by atoms with van der Waals surface area (Å²) in [6.45, 7) is 4.36. The van der Waals surface area contributed by atoms with Crippen LogP contribution in [0.15, 0.2) is 30.5 Å². The number of para-hydroxylation sites is 1. The second-order valence-electron chi connectivity index (χ2n) is 4.26. The van der Waals surface area contributed by atoms with Crippen molar-refractivity contribution in [2.45, 2.75) is 32.7 Å². The van der Waals surface area contributed by atoms with Gasteiger partial charge < -0.3 is 11.1 Å². The molecule has 2 rings (SSSR count). The van der Waals surface area contributed by atoms with Gasteiger partial charge in [-0.2, -0.15) is 0 Å². The predicted molar refractivity (Wildman–Crippen MR) is 74.1 cm³/mol. The Kier molecular flexibility index (Phi) is 3.47. The molecule has 1 aromatic heterocycles. The zero-order chi connectivity index (χ0) is 12.3.